The monoisotopic (exact) mass is 332 g/mol. The zero-order chi connectivity index (χ0) is 17.5. The lowest BCUT2D eigenvalue weighted by Gasteiger charge is -2.27. The Bertz CT molecular complexity index is 539. The zero-order valence-electron chi connectivity index (χ0n) is 14.9. The van der Waals surface area contributed by atoms with Crippen LogP contribution in [0.15, 0.2) is 24.3 Å². The molecular weight excluding hydrogens is 304 g/mol. The van der Waals surface area contributed by atoms with Crippen LogP contribution in [0.3, 0.4) is 0 Å². The van der Waals surface area contributed by atoms with Crippen LogP contribution < -0.4 is 0 Å². The summed E-state index contributed by atoms with van der Waals surface area (Å²) in [5.41, 5.74) is 1.14. The normalized spacial score (nSPS) is 20.8. The van der Waals surface area contributed by atoms with E-state index in [9.17, 15) is 9.59 Å². The van der Waals surface area contributed by atoms with Gasteiger partial charge in [-0.05, 0) is 49.7 Å². The number of benzene rings is 1. The second-order valence-electron chi connectivity index (χ2n) is 7.04. The first kappa shape index (κ1) is 18.7. The van der Waals surface area contributed by atoms with E-state index in [4.69, 9.17) is 9.47 Å². The van der Waals surface area contributed by atoms with Crippen molar-refractivity contribution in [2.45, 2.75) is 39.5 Å². The summed E-state index contributed by atoms with van der Waals surface area (Å²) in [5.74, 6) is 0.827. The Kier molecular flexibility index (Phi) is 6.98. The fourth-order valence-electron chi connectivity index (χ4n) is 3.18. The first-order chi connectivity index (χ1) is 11.5. The molecule has 0 atom stereocenters. The van der Waals surface area contributed by atoms with Crippen molar-refractivity contribution >= 4 is 11.8 Å². The van der Waals surface area contributed by atoms with E-state index in [0.717, 1.165) is 32.3 Å². The quantitative estimate of drug-likeness (QED) is 0.556. The maximum Gasteiger partial charge on any atom is 0.338 e. The van der Waals surface area contributed by atoms with Crippen LogP contribution in [0.5, 0.6) is 0 Å². The Balaban J connectivity index is 1.80. The standard InChI is InChI=1S/C20H28O4/c1-14(2)19(21)17-8-10-18(11-9-17)20(22)24-13-16-6-4-15(5-7-16)12-23-3/h8-11,14-16H,4-7,12-13H2,1-3H3. The lowest BCUT2D eigenvalue weighted by molar-refractivity contribution is 0.0368. The van der Waals surface area contributed by atoms with Crippen LogP contribution in [0.1, 0.15) is 60.2 Å². The highest BCUT2D eigenvalue weighted by atomic mass is 16.5. The number of hydrogen-bond acceptors (Lipinski definition) is 4. The fourth-order valence-corrected chi connectivity index (χ4v) is 3.18. The number of carbonyl (C=O) groups excluding carboxylic acids is 2. The van der Waals surface area contributed by atoms with E-state index >= 15 is 0 Å². The summed E-state index contributed by atoms with van der Waals surface area (Å²) in [4.78, 5) is 24.0. The van der Waals surface area contributed by atoms with E-state index in [1.165, 1.54) is 0 Å². The summed E-state index contributed by atoms with van der Waals surface area (Å²) in [6.45, 7) is 5.04. The maximum absolute atomic E-state index is 12.1. The molecule has 4 heteroatoms. The number of methoxy groups -OCH3 is 1. The van der Waals surface area contributed by atoms with E-state index < -0.39 is 0 Å². The molecule has 0 N–H and O–H groups in total. The van der Waals surface area contributed by atoms with E-state index in [2.05, 4.69) is 0 Å². The summed E-state index contributed by atoms with van der Waals surface area (Å²) >= 11 is 0. The molecule has 1 aliphatic rings. The SMILES string of the molecule is COCC1CCC(COC(=O)c2ccc(C(=O)C(C)C)cc2)CC1. The number of rotatable bonds is 7. The average Bonchev–Trinajstić information content (AvgIpc) is 2.60. The molecule has 1 fully saturated rings. The predicted molar refractivity (Wildman–Crippen MR) is 93.2 cm³/mol. The second kappa shape index (κ2) is 8.97. The van der Waals surface area contributed by atoms with Gasteiger partial charge in [0.2, 0.25) is 0 Å². The molecule has 1 saturated carbocycles. The van der Waals surface area contributed by atoms with Gasteiger partial charge in [0.15, 0.2) is 5.78 Å². The van der Waals surface area contributed by atoms with E-state index in [0.29, 0.717) is 29.6 Å². The van der Waals surface area contributed by atoms with Crippen molar-refractivity contribution in [3.63, 3.8) is 0 Å². The van der Waals surface area contributed by atoms with Crippen LogP contribution in [0.2, 0.25) is 0 Å². The highest BCUT2D eigenvalue weighted by Gasteiger charge is 2.22. The summed E-state index contributed by atoms with van der Waals surface area (Å²) in [7, 11) is 1.74. The smallest absolute Gasteiger partial charge is 0.338 e. The molecule has 0 heterocycles. The Morgan fingerprint density at radius 3 is 1.96 bits per heavy atom. The predicted octanol–water partition coefficient (Wildman–Crippen LogP) is 4.13. The molecule has 132 valence electrons. The van der Waals surface area contributed by atoms with E-state index in [1.807, 2.05) is 13.8 Å². The summed E-state index contributed by atoms with van der Waals surface area (Å²) in [6, 6.07) is 6.75. The van der Waals surface area contributed by atoms with Crippen molar-refractivity contribution in [3.8, 4) is 0 Å². The molecule has 0 saturated heterocycles. The summed E-state index contributed by atoms with van der Waals surface area (Å²) in [5, 5.41) is 0. The van der Waals surface area contributed by atoms with Crippen LogP contribution in [0.25, 0.3) is 0 Å². The highest BCUT2D eigenvalue weighted by molar-refractivity contribution is 5.98. The number of ether oxygens (including phenoxy) is 2. The van der Waals surface area contributed by atoms with Gasteiger partial charge in [-0.2, -0.15) is 0 Å². The van der Waals surface area contributed by atoms with Crippen molar-refractivity contribution in [1.82, 2.24) is 0 Å². The van der Waals surface area contributed by atoms with Gasteiger partial charge in [0, 0.05) is 25.2 Å². The molecule has 2 rings (SSSR count). The molecule has 0 amide bonds. The Labute approximate surface area is 144 Å². The molecule has 0 unspecified atom stereocenters. The van der Waals surface area contributed by atoms with Gasteiger partial charge in [0.1, 0.15) is 0 Å². The average molecular weight is 332 g/mol. The van der Waals surface area contributed by atoms with Gasteiger partial charge in [-0.3, -0.25) is 4.79 Å². The van der Waals surface area contributed by atoms with Crippen LogP contribution in [0, 0.1) is 17.8 Å². The number of esters is 1. The van der Waals surface area contributed by atoms with Gasteiger partial charge < -0.3 is 9.47 Å². The molecule has 1 aliphatic carbocycles. The Morgan fingerprint density at radius 1 is 0.958 bits per heavy atom. The minimum atomic E-state index is -0.308. The van der Waals surface area contributed by atoms with Gasteiger partial charge in [0.05, 0.1) is 12.2 Å². The van der Waals surface area contributed by atoms with Gasteiger partial charge in [-0.25, -0.2) is 4.79 Å². The van der Waals surface area contributed by atoms with Crippen LogP contribution in [-0.4, -0.2) is 32.1 Å². The second-order valence-corrected chi connectivity index (χ2v) is 7.04. The lowest BCUT2D eigenvalue weighted by Crippen LogP contribution is -2.22. The van der Waals surface area contributed by atoms with Crippen LogP contribution in [-0.2, 0) is 9.47 Å². The maximum atomic E-state index is 12.1. The first-order valence-electron chi connectivity index (χ1n) is 8.81. The van der Waals surface area contributed by atoms with Crippen molar-refractivity contribution in [2.24, 2.45) is 17.8 Å². The molecule has 0 aliphatic heterocycles. The molecule has 1 aromatic carbocycles. The van der Waals surface area contributed by atoms with Gasteiger partial charge in [0.25, 0.3) is 0 Å². The Hall–Kier alpha value is -1.68. The fraction of sp³-hybridized carbons (Fsp3) is 0.600. The van der Waals surface area contributed by atoms with E-state index in [-0.39, 0.29) is 17.7 Å². The van der Waals surface area contributed by atoms with Gasteiger partial charge >= 0.3 is 5.97 Å². The Morgan fingerprint density at radius 2 is 1.46 bits per heavy atom. The molecule has 0 aromatic heterocycles. The topological polar surface area (TPSA) is 52.6 Å². The third-order valence-electron chi connectivity index (χ3n) is 4.75. The molecule has 24 heavy (non-hydrogen) atoms. The third-order valence-corrected chi connectivity index (χ3v) is 4.75. The van der Waals surface area contributed by atoms with E-state index in [1.54, 1.807) is 31.4 Å². The summed E-state index contributed by atoms with van der Waals surface area (Å²) in [6.07, 6.45) is 4.45. The number of hydrogen-bond donors (Lipinski definition) is 0. The largest absolute Gasteiger partial charge is 0.462 e. The molecule has 4 nitrogen and oxygen atoms in total. The summed E-state index contributed by atoms with van der Waals surface area (Å²) < 4.78 is 10.7. The van der Waals surface area contributed by atoms with Gasteiger partial charge in [-0.15, -0.1) is 0 Å². The number of carbonyl (C=O) groups is 2. The number of Topliss-reactive ketones (excluding diaryl/α,β-unsaturated/α-hetero) is 1. The highest BCUT2D eigenvalue weighted by Crippen LogP contribution is 2.29. The molecule has 0 spiro atoms. The minimum Gasteiger partial charge on any atom is -0.462 e. The lowest BCUT2D eigenvalue weighted by atomic mass is 9.83. The molecular formula is C20H28O4. The van der Waals surface area contributed by atoms with Gasteiger partial charge in [-0.1, -0.05) is 26.0 Å². The third kappa shape index (κ3) is 5.17. The van der Waals surface area contributed by atoms with Crippen LogP contribution >= 0.6 is 0 Å². The van der Waals surface area contributed by atoms with Crippen molar-refractivity contribution in [2.75, 3.05) is 20.3 Å². The first-order valence-corrected chi connectivity index (χ1v) is 8.81. The molecule has 0 radical (unpaired) electrons. The zero-order valence-corrected chi connectivity index (χ0v) is 14.9. The number of ketones is 1. The molecule has 1 aromatic rings. The van der Waals surface area contributed by atoms with Crippen molar-refractivity contribution < 1.29 is 19.1 Å². The minimum absolute atomic E-state index is 0.0453. The van der Waals surface area contributed by atoms with Crippen molar-refractivity contribution in [3.05, 3.63) is 35.4 Å². The molecule has 0 bridgehead atoms. The van der Waals surface area contributed by atoms with Crippen molar-refractivity contribution in [1.29, 1.82) is 0 Å². The van der Waals surface area contributed by atoms with Crippen LogP contribution in [0.4, 0.5) is 0 Å².